The summed E-state index contributed by atoms with van der Waals surface area (Å²) >= 11 is 0. The highest BCUT2D eigenvalue weighted by molar-refractivity contribution is 7.92. The lowest BCUT2D eigenvalue weighted by Crippen LogP contribution is -2.29. The average molecular weight is 491 g/mol. The van der Waals surface area contributed by atoms with E-state index in [0.717, 1.165) is 25.7 Å². The van der Waals surface area contributed by atoms with E-state index in [0.29, 0.717) is 5.56 Å². The summed E-state index contributed by atoms with van der Waals surface area (Å²) < 4.78 is 38.4. The van der Waals surface area contributed by atoms with E-state index in [1.165, 1.54) is 43.6 Å². The minimum absolute atomic E-state index is 0.0903. The van der Waals surface area contributed by atoms with E-state index >= 15 is 0 Å². The molecule has 184 valence electrons. The first-order valence-corrected chi connectivity index (χ1v) is 12.6. The van der Waals surface area contributed by atoms with Crippen molar-refractivity contribution in [3.05, 3.63) is 48.0 Å². The summed E-state index contributed by atoms with van der Waals surface area (Å²) in [5.74, 6) is -0.702. The molecule has 0 radical (unpaired) electrons. The Balaban J connectivity index is 2.10. The molecule has 1 unspecified atom stereocenters. The Morgan fingerprint density at radius 2 is 1.82 bits per heavy atom. The van der Waals surface area contributed by atoms with Gasteiger partial charge in [-0.05, 0) is 50.8 Å². The fourth-order valence-electron chi connectivity index (χ4n) is 3.99. The number of benzene rings is 2. The maximum atomic E-state index is 13.3. The van der Waals surface area contributed by atoms with Crippen LogP contribution in [0.4, 0.5) is 5.69 Å². The Morgan fingerprint density at radius 1 is 1.18 bits per heavy atom. The largest absolute Gasteiger partial charge is 0.491 e. The van der Waals surface area contributed by atoms with Gasteiger partial charge in [0.25, 0.3) is 5.91 Å². The third kappa shape index (κ3) is 5.51. The molecule has 2 amide bonds. The van der Waals surface area contributed by atoms with Crippen molar-refractivity contribution in [3.63, 3.8) is 0 Å². The number of sulfone groups is 1. The highest BCUT2D eigenvalue weighted by atomic mass is 32.2. The Hall–Kier alpha value is -3.11. The minimum atomic E-state index is -4.02. The number of amides is 2. The van der Waals surface area contributed by atoms with Gasteiger partial charge in [-0.1, -0.05) is 18.2 Å². The second-order valence-corrected chi connectivity index (χ2v) is 10.7. The number of anilines is 1. The Labute approximate surface area is 199 Å². The molecule has 0 spiro atoms. The van der Waals surface area contributed by atoms with Crippen LogP contribution in [-0.4, -0.2) is 51.0 Å². The molecule has 1 atom stereocenters. The fraction of sp³-hybridized carbons (Fsp3) is 0.417. The molecule has 0 aromatic heterocycles. The quantitative estimate of drug-likeness (QED) is 0.408. The van der Waals surface area contributed by atoms with Gasteiger partial charge in [0.15, 0.2) is 21.3 Å². The summed E-state index contributed by atoms with van der Waals surface area (Å²) in [5, 5.41) is 7.67. The third-order valence-corrected chi connectivity index (χ3v) is 8.07. The lowest BCUT2D eigenvalue weighted by Gasteiger charge is -2.25. The van der Waals surface area contributed by atoms with Crippen LogP contribution in [-0.2, 0) is 14.6 Å². The molecule has 1 saturated carbocycles. The Morgan fingerprint density at radius 3 is 2.41 bits per heavy atom. The summed E-state index contributed by atoms with van der Waals surface area (Å²) in [6, 6.07) is 11.3. The van der Waals surface area contributed by atoms with E-state index in [9.17, 15) is 18.0 Å². The van der Waals surface area contributed by atoms with Crippen molar-refractivity contribution in [1.29, 1.82) is 0 Å². The van der Waals surface area contributed by atoms with Gasteiger partial charge in [-0.15, -0.1) is 0 Å². The number of ether oxygens (including phenoxy) is 2. The van der Waals surface area contributed by atoms with Crippen molar-refractivity contribution in [2.75, 3.05) is 19.1 Å². The van der Waals surface area contributed by atoms with Crippen LogP contribution in [0, 0.1) is 0 Å². The van der Waals surface area contributed by atoms with Crippen molar-refractivity contribution in [2.24, 2.45) is 0 Å². The first-order chi connectivity index (χ1) is 16.2. The second kappa shape index (κ2) is 10.9. The Kier molecular flexibility index (Phi) is 8.16. The molecule has 0 aliphatic heterocycles. The summed E-state index contributed by atoms with van der Waals surface area (Å²) in [4.78, 5) is 26.0. The van der Waals surface area contributed by atoms with E-state index in [1.54, 1.807) is 30.3 Å². The molecule has 2 aromatic rings. The van der Waals surface area contributed by atoms with Crippen molar-refractivity contribution in [2.45, 2.75) is 55.3 Å². The zero-order chi connectivity index (χ0) is 24.9. The molecule has 9 nitrogen and oxygen atoms in total. The van der Waals surface area contributed by atoms with Crippen molar-refractivity contribution >= 4 is 27.3 Å². The first kappa shape index (κ1) is 25.5. The second-order valence-electron chi connectivity index (χ2n) is 8.32. The van der Waals surface area contributed by atoms with Gasteiger partial charge in [0, 0.05) is 25.1 Å². The highest BCUT2D eigenvalue weighted by Crippen LogP contribution is 2.42. The van der Waals surface area contributed by atoms with Gasteiger partial charge in [0.05, 0.1) is 29.0 Å². The van der Waals surface area contributed by atoms with Gasteiger partial charge in [-0.25, -0.2) is 13.9 Å². The molecule has 0 heterocycles. The third-order valence-electron chi connectivity index (χ3n) is 5.95. The zero-order valence-electron chi connectivity index (χ0n) is 19.5. The van der Waals surface area contributed by atoms with Gasteiger partial charge in [-0.3, -0.25) is 14.8 Å². The van der Waals surface area contributed by atoms with Crippen LogP contribution < -0.4 is 19.9 Å². The number of hydrogen-bond acceptors (Lipinski definition) is 7. The molecule has 0 saturated heterocycles. The van der Waals surface area contributed by atoms with Gasteiger partial charge in [-0.2, -0.15) is 0 Å². The van der Waals surface area contributed by atoms with E-state index in [-0.39, 0.29) is 34.1 Å². The highest BCUT2D eigenvalue weighted by Gasteiger charge is 2.31. The van der Waals surface area contributed by atoms with Gasteiger partial charge >= 0.3 is 0 Å². The molecule has 1 aliphatic carbocycles. The summed E-state index contributed by atoms with van der Waals surface area (Å²) in [5.41, 5.74) is 2.11. The molecule has 2 aromatic carbocycles. The van der Waals surface area contributed by atoms with Crippen molar-refractivity contribution < 1.29 is 32.7 Å². The van der Waals surface area contributed by atoms with Crippen molar-refractivity contribution in [3.8, 4) is 11.5 Å². The van der Waals surface area contributed by atoms with Crippen LogP contribution in [0.2, 0.25) is 0 Å². The molecule has 10 heteroatoms. The van der Waals surface area contributed by atoms with Crippen molar-refractivity contribution in [1.82, 2.24) is 5.48 Å². The standard InChI is InChI=1S/C24H30N2O7S/c1-16(13-22(27)25-29)34(30,31)19-14-20(26(2)24(28)17-9-5-4-6-10-17)23(32-3)21(15-19)33-18-11-7-8-12-18/h4-6,9-10,14-16,18,29H,7-8,11-13H2,1-3H3,(H,25,27). The van der Waals surface area contributed by atoms with E-state index in [1.807, 2.05) is 0 Å². The van der Waals surface area contributed by atoms with E-state index in [2.05, 4.69) is 0 Å². The van der Waals surface area contributed by atoms with Crippen LogP contribution in [0.15, 0.2) is 47.4 Å². The van der Waals surface area contributed by atoms with Crippen LogP contribution in [0.5, 0.6) is 11.5 Å². The number of hydroxylamine groups is 1. The number of nitrogens with one attached hydrogen (secondary N) is 1. The topological polar surface area (TPSA) is 122 Å². The molecule has 3 rings (SSSR count). The molecule has 0 bridgehead atoms. The molecule has 1 aliphatic rings. The Bertz CT molecular complexity index is 1130. The maximum absolute atomic E-state index is 13.3. The summed E-state index contributed by atoms with van der Waals surface area (Å²) in [7, 11) is -1.05. The number of carbonyl (C=O) groups excluding carboxylic acids is 2. The maximum Gasteiger partial charge on any atom is 0.258 e. The smallest absolute Gasteiger partial charge is 0.258 e. The van der Waals surface area contributed by atoms with Crippen LogP contribution in [0.1, 0.15) is 49.4 Å². The molecule has 2 N–H and O–H groups in total. The minimum Gasteiger partial charge on any atom is -0.491 e. The number of hydrogen-bond donors (Lipinski definition) is 2. The number of methoxy groups -OCH3 is 1. The molecular formula is C24H30N2O7S. The number of rotatable bonds is 9. The average Bonchev–Trinajstić information content (AvgIpc) is 3.36. The van der Waals surface area contributed by atoms with Crippen LogP contribution in [0.25, 0.3) is 0 Å². The molecule has 34 heavy (non-hydrogen) atoms. The fourth-order valence-corrected chi connectivity index (χ4v) is 5.37. The lowest BCUT2D eigenvalue weighted by molar-refractivity contribution is -0.129. The first-order valence-electron chi connectivity index (χ1n) is 11.1. The summed E-state index contributed by atoms with van der Waals surface area (Å²) in [6.45, 7) is 1.38. The van der Waals surface area contributed by atoms with E-state index < -0.39 is 27.4 Å². The van der Waals surface area contributed by atoms with Crippen LogP contribution >= 0.6 is 0 Å². The summed E-state index contributed by atoms with van der Waals surface area (Å²) in [6.07, 6.45) is 3.17. The predicted molar refractivity (Wildman–Crippen MR) is 126 cm³/mol. The normalized spacial score (nSPS) is 14.9. The van der Waals surface area contributed by atoms with Gasteiger partial charge in [0.2, 0.25) is 5.91 Å². The molecular weight excluding hydrogens is 460 g/mol. The van der Waals surface area contributed by atoms with Gasteiger partial charge < -0.3 is 14.4 Å². The van der Waals surface area contributed by atoms with Crippen LogP contribution in [0.3, 0.4) is 0 Å². The van der Waals surface area contributed by atoms with Gasteiger partial charge in [0.1, 0.15) is 0 Å². The van der Waals surface area contributed by atoms with E-state index in [4.69, 9.17) is 14.7 Å². The number of carbonyl (C=O) groups is 2. The SMILES string of the molecule is COc1c(OC2CCCC2)cc(S(=O)(=O)C(C)CC(=O)NO)cc1N(C)C(=O)c1ccccc1. The lowest BCUT2D eigenvalue weighted by atomic mass is 10.1. The predicted octanol–water partition coefficient (Wildman–Crippen LogP) is 3.35. The molecule has 1 fully saturated rings. The zero-order valence-corrected chi connectivity index (χ0v) is 20.3. The number of nitrogens with zero attached hydrogens (tertiary/aromatic N) is 1. The monoisotopic (exact) mass is 490 g/mol.